The van der Waals surface area contributed by atoms with Crippen LogP contribution < -0.4 is 5.32 Å². The lowest BCUT2D eigenvalue weighted by Crippen LogP contribution is -2.33. The Kier molecular flexibility index (Phi) is 5.19. The first-order valence-corrected chi connectivity index (χ1v) is 8.31. The molecule has 0 fully saturated rings. The molecule has 1 atom stereocenters. The molecule has 0 radical (unpaired) electrons. The number of thiophene rings is 1. The summed E-state index contributed by atoms with van der Waals surface area (Å²) in [6.45, 7) is 2.02. The van der Waals surface area contributed by atoms with Gasteiger partial charge in [-0.2, -0.15) is 0 Å². The SMILES string of the molecule is CC(Cc1ccc(Br)cc1)NC(=O)c1sccc1Br. The maximum absolute atomic E-state index is 12.0. The van der Waals surface area contributed by atoms with E-state index in [-0.39, 0.29) is 11.9 Å². The van der Waals surface area contributed by atoms with Gasteiger partial charge in [-0.3, -0.25) is 4.79 Å². The number of rotatable bonds is 4. The molecule has 0 bridgehead atoms. The van der Waals surface area contributed by atoms with E-state index < -0.39 is 0 Å². The Hall–Kier alpha value is -0.650. The van der Waals surface area contributed by atoms with Gasteiger partial charge >= 0.3 is 0 Å². The van der Waals surface area contributed by atoms with Gasteiger partial charge in [-0.25, -0.2) is 0 Å². The highest BCUT2D eigenvalue weighted by atomic mass is 79.9. The van der Waals surface area contributed by atoms with E-state index in [1.54, 1.807) is 0 Å². The van der Waals surface area contributed by atoms with Crippen molar-refractivity contribution in [3.05, 3.63) is 55.1 Å². The quantitative estimate of drug-likeness (QED) is 0.793. The monoisotopic (exact) mass is 401 g/mol. The molecule has 0 saturated heterocycles. The summed E-state index contributed by atoms with van der Waals surface area (Å²) >= 11 is 8.23. The molecule has 1 heterocycles. The average molecular weight is 403 g/mol. The molecule has 2 nitrogen and oxygen atoms in total. The van der Waals surface area contributed by atoms with Crippen molar-refractivity contribution >= 4 is 49.1 Å². The van der Waals surface area contributed by atoms with Crippen molar-refractivity contribution in [2.45, 2.75) is 19.4 Å². The lowest BCUT2D eigenvalue weighted by molar-refractivity contribution is 0.0943. The standard InChI is InChI=1S/C14H13Br2NOS/c1-9(8-10-2-4-11(15)5-3-10)17-14(18)13-12(16)6-7-19-13/h2-7,9H,8H2,1H3,(H,17,18). The van der Waals surface area contributed by atoms with Crippen LogP contribution in [-0.4, -0.2) is 11.9 Å². The smallest absolute Gasteiger partial charge is 0.262 e. The lowest BCUT2D eigenvalue weighted by atomic mass is 10.1. The zero-order valence-electron chi connectivity index (χ0n) is 10.3. The number of carbonyl (C=O) groups excluding carboxylic acids is 1. The second-order valence-corrected chi connectivity index (χ2v) is 6.99. The Balaban J connectivity index is 1.94. The van der Waals surface area contributed by atoms with E-state index in [1.165, 1.54) is 16.9 Å². The Morgan fingerprint density at radius 1 is 1.26 bits per heavy atom. The van der Waals surface area contributed by atoms with Crippen LogP contribution in [0.25, 0.3) is 0 Å². The third-order valence-corrected chi connectivity index (χ3v) is 5.02. The Bertz CT molecular complexity index is 565. The molecule has 0 aliphatic rings. The molecule has 2 rings (SSSR count). The first-order valence-electron chi connectivity index (χ1n) is 5.84. The number of carbonyl (C=O) groups is 1. The van der Waals surface area contributed by atoms with Crippen LogP contribution in [-0.2, 0) is 6.42 Å². The fourth-order valence-corrected chi connectivity index (χ4v) is 3.49. The van der Waals surface area contributed by atoms with Gasteiger partial charge in [0, 0.05) is 15.0 Å². The molecule has 1 amide bonds. The van der Waals surface area contributed by atoms with E-state index >= 15 is 0 Å². The molecular weight excluding hydrogens is 390 g/mol. The molecule has 0 saturated carbocycles. The zero-order valence-corrected chi connectivity index (χ0v) is 14.3. The van der Waals surface area contributed by atoms with Crippen LogP contribution in [0.3, 0.4) is 0 Å². The predicted octanol–water partition coefficient (Wildman–Crippen LogP) is 4.63. The van der Waals surface area contributed by atoms with E-state index in [0.717, 1.165) is 20.2 Å². The summed E-state index contributed by atoms with van der Waals surface area (Å²) < 4.78 is 1.92. The molecule has 1 unspecified atom stereocenters. The van der Waals surface area contributed by atoms with Gasteiger partial charge in [0.15, 0.2) is 0 Å². The maximum Gasteiger partial charge on any atom is 0.262 e. The lowest BCUT2D eigenvalue weighted by Gasteiger charge is -2.13. The van der Waals surface area contributed by atoms with Gasteiger partial charge in [0.05, 0.1) is 0 Å². The molecule has 5 heteroatoms. The Morgan fingerprint density at radius 2 is 1.95 bits per heavy atom. The second kappa shape index (κ2) is 6.68. The summed E-state index contributed by atoms with van der Waals surface area (Å²) in [5, 5.41) is 4.92. The summed E-state index contributed by atoms with van der Waals surface area (Å²) in [4.78, 5) is 12.8. The summed E-state index contributed by atoms with van der Waals surface area (Å²) in [6, 6.07) is 10.1. The summed E-state index contributed by atoms with van der Waals surface area (Å²) in [5.74, 6) is -0.0218. The number of amides is 1. The fourth-order valence-electron chi connectivity index (χ4n) is 1.77. The van der Waals surface area contributed by atoms with Crippen molar-refractivity contribution in [1.29, 1.82) is 0 Å². The third kappa shape index (κ3) is 4.16. The van der Waals surface area contributed by atoms with Crippen LogP contribution in [0.1, 0.15) is 22.2 Å². The Morgan fingerprint density at radius 3 is 2.53 bits per heavy atom. The topological polar surface area (TPSA) is 29.1 Å². The van der Waals surface area contributed by atoms with E-state index in [9.17, 15) is 4.79 Å². The number of hydrogen-bond acceptors (Lipinski definition) is 2. The maximum atomic E-state index is 12.0. The number of hydrogen-bond donors (Lipinski definition) is 1. The molecule has 1 aromatic carbocycles. The summed E-state index contributed by atoms with van der Waals surface area (Å²) in [5.41, 5.74) is 1.21. The van der Waals surface area contributed by atoms with Crippen molar-refractivity contribution in [2.24, 2.45) is 0 Å². The van der Waals surface area contributed by atoms with Crippen LogP contribution in [0, 0.1) is 0 Å². The largest absolute Gasteiger partial charge is 0.349 e. The molecule has 0 spiro atoms. The first-order chi connectivity index (χ1) is 9.06. The number of halogens is 2. The summed E-state index contributed by atoms with van der Waals surface area (Å²) in [6.07, 6.45) is 0.821. The van der Waals surface area contributed by atoms with E-state index in [4.69, 9.17) is 0 Å². The highest BCUT2D eigenvalue weighted by molar-refractivity contribution is 9.10. The first kappa shape index (κ1) is 14.8. The highest BCUT2D eigenvalue weighted by Gasteiger charge is 2.14. The van der Waals surface area contributed by atoms with Gasteiger partial charge in [-0.1, -0.05) is 28.1 Å². The normalized spacial score (nSPS) is 12.2. The molecule has 19 heavy (non-hydrogen) atoms. The number of nitrogens with one attached hydrogen (secondary N) is 1. The van der Waals surface area contributed by atoms with Gasteiger partial charge in [-0.05, 0) is 58.4 Å². The highest BCUT2D eigenvalue weighted by Crippen LogP contribution is 2.22. The van der Waals surface area contributed by atoms with Crippen molar-refractivity contribution in [2.75, 3.05) is 0 Å². The van der Waals surface area contributed by atoms with Crippen LogP contribution in [0.15, 0.2) is 44.7 Å². The van der Waals surface area contributed by atoms with Crippen molar-refractivity contribution in [3.8, 4) is 0 Å². The predicted molar refractivity (Wildman–Crippen MR) is 86.8 cm³/mol. The van der Waals surface area contributed by atoms with Gasteiger partial charge in [0.2, 0.25) is 0 Å². The van der Waals surface area contributed by atoms with Crippen LogP contribution >= 0.6 is 43.2 Å². The van der Waals surface area contributed by atoms with Crippen LogP contribution in [0.4, 0.5) is 0 Å². The van der Waals surface area contributed by atoms with Crippen molar-refractivity contribution < 1.29 is 4.79 Å². The fraction of sp³-hybridized carbons (Fsp3) is 0.214. The van der Waals surface area contributed by atoms with Crippen LogP contribution in [0.5, 0.6) is 0 Å². The minimum absolute atomic E-state index is 0.0218. The zero-order chi connectivity index (χ0) is 13.8. The van der Waals surface area contributed by atoms with Gasteiger partial charge in [0.1, 0.15) is 4.88 Å². The van der Waals surface area contributed by atoms with Crippen LogP contribution in [0.2, 0.25) is 0 Å². The van der Waals surface area contributed by atoms with E-state index in [2.05, 4.69) is 49.3 Å². The van der Waals surface area contributed by atoms with Crippen molar-refractivity contribution in [1.82, 2.24) is 5.32 Å². The minimum atomic E-state index is -0.0218. The molecule has 1 aromatic heterocycles. The molecule has 2 aromatic rings. The van der Waals surface area contributed by atoms with Crippen molar-refractivity contribution in [3.63, 3.8) is 0 Å². The molecule has 100 valence electrons. The molecule has 1 N–H and O–H groups in total. The minimum Gasteiger partial charge on any atom is -0.349 e. The second-order valence-electron chi connectivity index (χ2n) is 4.30. The summed E-state index contributed by atoms with van der Waals surface area (Å²) in [7, 11) is 0. The average Bonchev–Trinajstić information content (AvgIpc) is 2.78. The number of benzene rings is 1. The third-order valence-electron chi connectivity index (χ3n) is 2.66. The molecule has 0 aliphatic heterocycles. The van der Waals surface area contributed by atoms with Gasteiger partial charge in [0.25, 0.3) is 5.91 Å². The molecule has 0 aliphatic carbocycles. The van der Waals surface area contributed by atoms with E-state index in [0.29, 0.717) is 0 Å². The van der Waals surface area contributed by atoms with Gasteiger partial charge in [-0.15, -0.1) is 11.3 Å². The Labute approximate surface area is 133 Å². The van der Waals surface area contributed by atoms with E-state index in [1.807, 2.05) is 30.5 Å². The molecular formula is C14H13Br2NOS. The van der Waals surface area contributed by atoms with Gasteiger partial charge < -0.3 is 5.32 Å².